The van der Waals surface area contributed by atoms with Crippen LogP contribution < -0.4 is 0 Å². The number of aldehydes is 1. The quantitative estimate of drug-likeness (QED) is 0.293. The number of aliphatic hydroxyl groups is 1. The lowest BCUT2D eigenvalue weighted by Crippen LogP contribution is -2.35. The van der Waals surface area contributed by atoms with Crippen molar-refractivity contribution in [2.45, 2.75) is 30.8 Å². The largest absolute Gasteiger partial charge is 0.483 e. The molecule has 0 aliphatic carbocycles. The molecule has 2 aromatic carbocycles. The van der Waals surface area contributed by atoms with Crippen molar-refractivity contribution >= 4 is 28.2 Å². The lowest BCUT2D eigenvalue weighted by atomic mass is 9.92. The molecule has 2 unspecified atom stereocenters. The summed E-state index contributed by atoms with van der Waals surface area (Å²) in [4.78, 5) is 23.0. The lowest BCUT2D eigenvalue weighted by Gasteiger charge is -2.22. The van der Waals surface area contributed by atoms with Crippen LogP contribution in [-0.2, 0) is 24.3 Å². The second kappa shape index (κ2) is 10.1. The number of esters is 1. The van der Waals surface area contributed by atoms with Gasteiger partial charge >= 0.3 is 5.97 Å². The number of sulfonamides is 1. The Morgan fingerprint density at radius 2 is 1.73 bits per heavy atom. The molecule has 30 heavy (non-hydrogen) atoms. The summed E-state index contributed by atoms with van der Waals surface area (Å²) in [7, 11) is -2.99. The maximum Gasteiger partial charge on any atom is 0.336 e. The Morgan fingerprint density at radius 1 is 1.13 bits per heavy atom. The number of carbonyl (C=O) groups is 2. The predicted octanol–water partition coefficient (Wildman–Crippen LogP) is 2.25. The highest BCUT2D eigenvalue weighted by molar-refractivity contribution is 7.90. The number of aryl methyl sites for hydroxylation is 1. The van der Waals surface area contributed by atoms with Crippen LogP contribution in [0.15, 0.2) is 57.8 Å². The summed E-state index contributed by atoms with van der Waals surface area (Å²) in [5.41, 5.74) is 1.56. The van der Waals surface area contributed by atoms with Crippen LogP contribution in [0, 0.1) is 6.92 Å². The van der Waals surface area contributed by atoms with Crippen molar-refractivity contribution in [1.29, 1.82) is 0 Å². The number of rotatable bonds is 8. The summed E-state index contributed by atoms with van der Waals surface area (Å²) >= 11 is 0. The van der Waals surface area contributed by atoms with Crippen molar-refractivity contribution in [3.63, 3.8) is 0 Å². The first-order valence-corrected chi connectivity index (χ1v) is 10.5. The fourth-order valence-electron chi connectivity index (χ4n) is 2.71. The highest BCUT2D eigenvalue weighted by Crippen LogP contribution is 2.26. The van der Waals surface area contributed by atoms with Crippen molar-refractivity contribution in [2.75, 3.05) is 13.7 Å². The third-order valence-electron chi connectivity index (χ3n) is 4.28. The van der Waals surface area contributed by atoms with Gasteiger partial charge in [-0.15, -0.1) is 4.40 Å². The van der Waals surface area contributed by atoms with Crippen LogP contribution >= 0.6 is 0 Å². The maximum atomic E-state index is 12.8. The van der Waals surface area contributed by atoms with Gasteiger partial charge in [0.25, 0.3) is 10.0 Å². The number of aliphatic hydroxyl groups excluding tert-OH is 1. The Labute approximate surface area is 175 Å². The second-order valence-corrected chi connectivity index (χ2v) is 7.98. The van der Waals surface area contributed by atoms with Gasteiger partial charge in [0, 0.05) is 5.56 Å². The molecule has 1 N–H and O–H groups in total. The summed E-state index contributed by atoms with van der Waals surface area (Å²) in [6.07, 6.45) is -1.15. The molecule has 8 nitrogen and oxygen atoms in total. The molecule has 0 amide bonds. The first-order chi connectivity index (χ1) is 14.2. The number of carbonyl (C=O) groups excluding carboxylic acids is 2. The molecule has 0 heterocycles. The highest BCUT2D eigenvalue weighted by Gasteiger charge is 2.35. The molecule has 0 saturated heterocycles. The monoisotopic (exact) mass is 433 g/mol. The summed E-state index contributed by atoms with van der Waals surface area (Å²) in [5.74, 6) is -2.62. The zero-order valence-corrected chi connectivity index (χ0v) is 17.6. The standard InChI is InChI=1S/C21H23NO7S/c1-4-29-21(25)19(24)18(16-9-7-15(13-23)8-10-16)20(28-3)22-30(26,27)17-11-5-14(2)6-12-17/h5-13,18-19,24H,4H2,1-3H3/b22-20-. The third kappa shape index (κ3) is 5.52. The van der Waals surface area contributed by atoms with Crippen LogP contribution in [0.3, 0.4) is 0 Å². The normalized spacial score (nSPS) is 13.9. The molecule has 0 aliphatic heterocycles. The zero-order valence-electron chi connectivity index (χ0n) is 16.8. The topological polar surface area (TPSA) is 119 Å². The molecule has 0 fully saturated rings. The van der Waals surface area contributed by atoms with Crippen LogP contribution in [0.25, 0.3) is 0 Å². The smallest absolute Gasteiger partial charge is 0.336 e. The minimum atomic E-state index is -4.18. The predicted molar refractivity (Wildman–Crippen MR) is 110 cm³/mol. The van der Waals surface area contributed by atoms with E-state index in [1.165, 1.54) is 43.5 Å². The van der Waals surface area contributed by atoms with Gasteiger partial charge in [0.15, 0.2) is 6.10 Å². The Balaban J connectivity index is 2.57. The van der Waals surface area contributed by atoms with E-state index >= 15 is 0 Å². The van der Waals surface area contributed by atoms with Crippen LogP contribution in [-0.4, -0.2) is 51.5 Å². The van der Waals surface area contributed by atoms with Crippen LogP contribution in [0.1, 0.15) is 34.3 Å². The molecule has 0 bridgehead atoms. The van der Waals surface area contributed by atoms with E-state index < -0.39 is 33.9 Å². The van der Waals surface area contributed by atoms with E-state index in [0.29, 0.717) is 17.4 Å². The first-order valence-electron chi connectivity index (χ1n) is 9.08. The molecule has 9 heteroatoms. The van der Waals surface area contributed by atoms with Gasteiger partial charge in [0.05, 0.1) is 24.5 Å². The Morgan fingerprint density at radius 3 is 2.23 bits per heavy atom. The molecular weight excluding hydrogens is 410 g/mol. The van der Waals surface area contributed by atoms with Crippen molar-refractivity contribution in [1.82, 2.24) is 0 Å². The summed E-state index contributed by atoms with van der Waals surface area (Å²) in [6.45, 7) is 3.41. The fourth-order valence-corrected chi connectivity index (χ4v) is 3.72. The second-order valence-electron chi connectivity index (χ2n) is 6.38. The number of ether oxygens (including phenoxy) is 2. The SMILES string of the molecule is CCOC(=O)C(O)C(/C(=N/S(=O)(=O)c1ccc(C)cc1)OC)c1ccc(C=O)cc1. The van der Waals surface area contributed by atoms with E-state index in [9.17, 15) is 23.1 Å². The van der Waals surface area contributed by atoms with E-state index in [4.69, 9.17) is 9.47 Å². The number of hydrogen-bond donors (Lipinski definition) is 1. The third-order valence-corrected chi connectivity index (χ3v) is 5.57. The van der Waals surface area contributed by atoms with Crippen molar-refractivity contribution in [3.05, 3.63) is 65.2 Å². The van der Waals surface area contributed by atoms with E-state index in [0.717, 1.165) is 5.56 Å². The molecule has 0 saturated carbocycles. The fraction of sp³-hybridized carbons (Fsp3) is 0.286. The van der Waals surface area contributed by atoms with Gasteiger partial charge in [-0.2, -0.15) is 8.42 Å². The zero-order chi connectivity index (χ0) is 22.3. The Bertz CT molecular complexity index is 1010. The first kappa shape index (κ1) is 23.2. The Hall–Kier alpha value is -3.04. The average molecular weight is 433 g/mol. The minimum Gasteiger partial charge on any atom is -0.483 e. The highest BCUT2D eigenvalue weighted by atomic mass is 32.2. The molecule has 2 aromatic rings. The van der Waals surface area contributed by atoms with Crippen molar-refractivity contribution in [2.24, 2.45) is 4.40 Å². The molecule has 160 valence electrons. The van der Waals surface area contributed by atoms with Crippen LogP contribution in [0.5, 0.6) is 0 Å². The van der Waals surface area contributed by atoms with Gasteiger partial charge in [-0.25, -0.2) is 4.79 Å². The summed E-state index contributed by atoms with van der Waals surface area (Å²) in [5, 5.41) is 10.6. The van der Waals surface area contributed by atoms with E-state index in [-0.39, 0.29) is 11.5 Å². The van der Waals surface area contributed by atoms with Gasteiger partial charge in [-0.3, -0.25) is 4.79 Å². The van der Waals surface area contributed by atoms with Gasteiger partial charge in [0.2, 0.25) is 5.90 Å². The number of methoxy groups -OCH3 is 1. The summed E-state index contributed by atoms with van der Waals surface area (Å²) in [6, 6.07) is 11.9. The molecule has 0 radical (unpaired) electrons. The summed E-state index contributed by atoms with van der Waals surface area (Å²) < 4.78 is 39.3. The molecule has 0 spiro atoms. The molecular formula is C21H23NO7S. The lowest BCUT2D eigenvalue weighted by molar-refractivity contribution is -0.153. The van der Waals surface area contributed by atoms with E-state index in [2.05, 4.69) is 4.40 Å². The Kier molecular flexibility index (Phi) is 7.85. The van der Waals surface area contributed by atoms with Crippen LogP contribution in [0.4, 0.5) is 0 Å². The van der Waals surface area contributed by atoms with E-state index in [1.54, 1.807) is 19.1 Å². The molecule has 2 rings (SSSR count). The van der Waals surface area contributed by atoms with Gasteiger partial charge in [0.1, 0.15) is 6.29 Å². The van der Waals surface area contributed by atoms with Crippen molar-refractivity contribution in [3.8, 4) is 0 Å². The van der Waals surface area contributed by atoms with Gasteiger partial charge < -0.3 is 14.6 Å². The molecule has 2 atom stereocenters. The van der Waals surface area contributed by atoms with Gasteiger partial charge in [-0.05, 0) is 31.5 Å². The van der Waals surface area contributed by atoms with Crippen LogP contribution in [0.2, 0.25) is 0 Å². The minimum absolute atomic E-state index is 0.0216. The molecule has 0 aromatic heterocycles. The number of hydrogen-bond acceptors (Lipinski definition) is 7. The van der Waals surface area contributed by atoms with E-state index in [1.807, 2.05) is 6.92 Å². The average Bonchev–Trinajstić information content (AvgIpc) is 2.74. The number of nitrogens with zero attached hydrogens (tertiary/aromatic N) is 1. The maximum absolute atomic E-state index is 12.8. The van der Waals surface area contributed by atoms with Gasteiger partial charge in [-0.1, -0.05) is 42.0 Å². The molecule has 0 aliphatic rings. The van der Waals surface area contributed by atoms with Crippen molar-refractivity contribution < 1.29 is 32.6 Å². The number of benzene rings is 2.